The van der Waals surface area contributed by atoms with Crippen LogP contribution in [0.3, 0.4) is 0 Å². The Labute approximate surface area is 193 Å². The van der Waals surface area contributed by atoms with Crippen LogP contribution in [0.5, 0.6) is 0 Å². The van der Waals surface area contributed by atoms with Crippen LogP contribution in [-0.2, 0) is 23.2 Å². The quantitative estimate of drug-likeness (QED) is 0.410. The first-order valence-corrected chi connectivity index (χ1v) is 11.0. The molecular formula is C23H22N4O5S. The lowest BCUT2D eigenvalue weighted by Crippen LogP contribution is -2.23. The highest BCUT2D eigenvalue weighted by molar-refractivity contribution is 7.14. The SMILES string of the molecule is CC(=O)N(c1nc(COC(=O)c2c(C)oc3ncn(C)c(=O)c23)cs1)c1cccc(C)c1C. The highest BCUT2D eigenvalue weighted by atomic mass is 32.1. The van der Waals surface area contributed by atoms with Gasteiger partial charge >= 0.3 is 5.97 Å². The van der Waals surface area contributed by atoms with Crippen LogP contribution in [0, 0.1) is 20.8 Å². The Balaban J connectivity index is 1.58. The first kappa shape index (κ1) is 22.4. The van der Waals surface area contributed by atoms with E-state index in [0.717, 1.165) is 16.8 Å². The van der Waals surface area contributed by atoms with Crippen LogP contribution in [-0.4, -0.2) is 26.4 Å². The molecule has 0 saturated carbocycles. The van der Waals surface area contributed by atoms with Crippen molar-refractivity contribution in [3.63, 3.8) is 0 Å². The van der Waals surface area contributed by atoms with Gasteiger partial charge in [0.25, 0.3) is 5.56 Å². The number of nitrogens with zero attached hydrogens (tertiary/aromatic N) is 4. The number of esters is 1. The van der Waals surface area contributed by atoms with E-state index in [1.165, 1.54) is 29.2 Å². The molecule has 0 N–H and O–H groups in total. The molecule has 9 nitrogen and oxygen atoms in total. The van der Waals surface area contributed by atoms with E-state index in [2.05, 4.69) is 9.97 Å². The van der Waals surface area contributed by atoms with Gasteiger partial charge in [0.2, 0.25) is 11.6 Å². The van der Waals surface area contributed by atoms with E-state index in [1.807, 2.05) is 32.0 Å². The third-order valence-electron chi connectivity index (χ3n) is 5.37. The zero-order valence-corrected chi connectivity index (χ0v) is 19.6. The van der Waals surface area contributed by atoms with Crippen molar-refractivity contribution >= 4 is 45.1 Å². The normalized spacial score (nSPS) is 11.1. The molecule has 1 amide bonds. The monoisotopic (exact) mass is 466 g/mol. The molecule has 0 aliphatic heterocycles. The van der Waals surface area contributed by atoms with Crippen molar-refractivity contribution in [1.82, 2.24) is 14.5 Å². The van der Waals surface area contributed by atoms with Gasteiger partial charge in [-0.25, -0.2) is 14.8 Å². The van der Waals surface area contributed by atoms with E-state index < -0.39 is 11.5 Å². The molecule has 0 aliphatic carbocycles. The summed E-state index contributed by atoms with van der Waals surface area (Å²) in [5.41, 5.74) is 3.02. The van der Waals surface area contributed by atoms with Gasteiger partial charge in [0.15, 0.2) is 5.13 Å². The zero-order valence-electron chi connectivity index (χ0n) is 18.8. The summed E-state index contributed by atoms with van der Waals surface area (Å²) in [5, 5.41) is 2.29. The summed E-state index contributed by atoms with van der Waals surface area (Å²) in [4.78, 5) is 47.8. The summed E-state index contributed by atoms with van der Waals surface area (Å²) in [5.74, 6) is -0.628. The van der Waals surface area contributed by atoms with E-state index in [9.17, 15) is 14.4 Å². The second-order valence-electron chi connectivity index (χ2n) is 7.65. The highest BCUT2D eigenvalue weighted by Crippen LogP contribution is 2.32. The average molecular weight is 467 g/mol. The Bertz CT molecular complexity index is 1450. The number of hydrogen-bond donors (Lipinski definition) is 0. The van der Waals surface area contributed by atoms with Crippen molar-refractivity contribution in [2.75, 3.05) is 4.90 Å². The lowest BCUT2D eigenvalue weighted by Gasteiger charge is -2.21. The summed E-state index contributed by atoms with van der Waals surface area (Å²) in [6, 6.07) is 5.74. The molecule has 4 aromatic rings. The standard InChI is InChI=1S/C23H22N4O5S/c1-12-7-6-8-17(13(12)2)27(15(4)28)23-25-16(10-33-23)9-31-22(30)18-14(3)32-20-19(18)21(29)26(5)11-24-20/h6-8,10-11H,9H2,1-5H3. The molecule has 4 rings (SSSR count). The van der Waals surface area contributed by atoms with E-state index in [1.54, 1.807) is 24.3 Å². The number of carbonyl (C=O) groups excluding carboxylic acids is 2. The number of amides is 1. The Hall–Kier alpha value is -3.79. The Morgan fingerprint density at radius 3 is 2.73 bits per heavy atom. The summed E-state index contributed by atoms with van der Waals surface area (Å²) in [6.07, 6.45) is 1.33. The lowest BCUT2D eigenvalue weighted by atomic mass is 10.1. The number of benzene rings is 1. The first-order chi connectivity index (χ1) is 15.7. The minimum Gasteiger partial charge on any atom is -0.455 e. The molecule has 0 atom stereocenters. The number of aryl methyl sites for hydroxylation is 3. The van der Waals surface area contributed by atoms with Gasteiger partial charge in [-0.1, -0.05) is 12.1 Å². The van der Waals surface area contributed by atoms with Crippen molar-refractivity contribution in [1.29, 1.82) is 0 Å². The first-order valence-electron chi connectivity index (χ1n) is 10.1. The van der Waals surface area contributed by atoms with Crippen LogP contribution in [0.4, 0.5) is 10.8 Å². The maximum atomic E-state index is 12.8. The van der Waals surface area contributed by atoms with E-state index in [-0.39, 0.29) is 34.9 Å². The lowest BCUT2D eigenvalue weighted by molar-refractivity contribution is -0.115. The molecule has 170 valence electrons. The third kappa shape index (κ3) is 4.05. The van der Waals surface area contributed by atoms with Gasteiger partial charge in [0.1, 0.15) is 29.6 Å². The van der Waals surface area contributed by atoms with Gasteiger partial charge in [-0.3, -0.25) is 14.5 Å². The molecule has 0 fully saturated rings. The van der Waals surface area contributed by atoms with Crippen LogP contribution in [0.25, 0.3) is 11.1 Å². The van der Waals surface area contributed by atoms with Crippen molar-refractivity contribution in [2.24, 2.45) is 7.05 Å². The molecule has 0 unspecified atom stereocenters. The predicted molar refractivity (Wildman–Crippen MR) is 124 cm³/mol. The second-order valence-corrected chi connectivity index (χ2v) is 8.48. The van der Waals surface area contributed by atoms with Gasteiger partial charge in [-0.15, -0.1) is 11.3 Å². The van der Waals surface area contributed by atoms with Gasteiger partial charge in [0, 0.05) is 19.4 Å². The second kappa shape index (κ2) is 8.62. The zero-order chi connectivity index (χ0) is 23.9. The number of carbonyl (C=O) groups is 2. The van der Waals surface area contributed by atoms with E-state index in [0.29, 0.717) is 10.8 Å². The number of ether oxygens (including phenoxy) is 1. The molecule has 3 heterocycles. The number of hydrogen-bond acceptors (Lipinski definition) is 8. The van der Waals surface area contributed by atoms with Gasteiger partial charge in [-0.2, -0.15) is 0 Å². The number of thiazole rings is 1. The largest absolute Gasteiger partial charge is 0.455 e. The predicted octanol–water partition coefficient (Wildman–Crippen LogP) is 3.95. The maximum absolute atomic E-state index is 12.8. The van der Waals surface area contributed by atoms with Crippen LogP contribution in [0.2, 0.25) is 0 Å². The van der Waals surface area contributed by atoms with Crippen molar-refractivity contribution in [2.45, 2.75) is 34.3 Å². The van der Waals surface area contributed by atoms with Crippen LogP contribution in [0.1, 0.15) is 39.9 Å². The van der Waals surface area contributed by atoms with Crippen LogP contribution < -0.4 is 10.5 Å². The molecular weight excluding hydrogens is 444 g/mol. The molecule has 10 heteroatoms. The summed E-state index contributed by atoms with van der Waals surface area (Å²) in [6.45, 7) is 6.86. The fraction of sp³-hybridized carbons (Fsp3) is 0.261. The topological polar surface area (TPSA) is 108 Å². The smallest absolute Gasteiger partial charge is 0.343 e. The fourth-order valence-corrected chi connectivity index (χ4v) is 4.36. The van der Waals surface area contributed by atoms with Gasteiger partial charge < -0.3 is 13.7 Å². The number of rotatable bonds is 5. The molecule has 0 bridgehead atoms. The molecule has 0 radical (unpaired) electrons. The number of furan rings is 1. The summed E-state index contributed by atoms with van der Waals surface area (Å²) < 4.78 is 12.1. The summed E-state index contributed by atoms with van der Waals surface area (Å²) in [7, 11) is 1.54. The average Bonchev–Trinajstić information content (AvgIpc) is 3.36. The van der Waals surface area contributed by atoms with Crippen molar-refractivity contribution < 1.29 is 18.7 Å². The molecule has 1 aromatic carbocycles. The Kier molecular flexibility index (Phi) is 5.86. The summed E-state index contributed by atoms with van der Waals surface area (Å²) >= 11 is 1.28. The molecule has 0 spiro atoms. The van der Waals surface area contributed by atoms with E-state index in [4.69, 9.17) is 9.15 Å². The number of anilines is 2. The molecule has 3 aromatic heterocycles. The van der Waals surface area contributed by atoms with Gasteiger partial charge in [-0.05, 0) is 38.0 Å². The number of fused-ring (bicyclic) bond motifs is 1. The van der Waals surface area contributed by atoms with E-state index >= 15 is 0 Å². The van der Waals surface area contributed by atoms with Crippen LogP contribution >= 0.6 is 11.3 Å². The molecule has 0 aliphatic rings. The van der Waals surface area contributed by atoms with Crippen LogP contribution in [0.15, 0.2) is 39.1 Å². The third-order valence-corrected chi connectivity index (χ3v) is 6.24. The highest BCUT2D eigenvalue weighted by Gasteiger charge is 2.25. The minimum absolute atomic E-state index is 0.0508. The Morgan fingerprint density at radius 1 is 1.24 bits per heavy atom. The van der Waals surface area contributed by atoms with Crippen molar-refractivity contribution in [3.8, 4) is 0 Å². The fourth-order valence-electron chi connectivity index (χ4n) is 3.50. The molecule has 0 saturated heterocycles. The maximum Gasteiger partial charge on any atom is 0.343 e. The Morgan fingerprint density at radius 2 is 2.00 bits per heavy atom. The number of aromatic nitrogens is 3. The molecule has 33 heavy (non-hydrogen) atoms. The van der Waals surface area contributed by atoms with Crippen molar-refractivity contribution in [3.05, 3.63) is 68.4 Å². The van der Waals surface area contributed by atoms with Gasteiger partial charge in [0.05, 0.1) is 11.4 Å². The minimum atomic E-state index is -0.705.